The van der Waals surface area contributed by atoms with Gasteiger partial charge in [0.15, 0.2) is 5.78 Å². The summed E-state index contributed by atoms with van der Waals surface area (Å²) in [5.41, 5.74) is 0. The zero-order valence-electron chi connectivity index (χ0n) is 12.9. The van der Waals surface area contributed by atoms with Gasteiger partial charge in [-0.2, -0.15) is 16.8 Å². The highest BCUT2D eigenvalue weighted by molar-refractivity contribution is 8.05. The maximum Gasteiger partial charge on any atom is 0.292 e. The minimum absolute atomic E-state index is 0.305. The average Bonchev–Trinajstić information content (AvgIpc) is 2.33. The van der Waals surface area contributed by atoms with Crippen LogP contribution in [0.4, 0.5) is 0 Å². The Balaban J connectivity index is 4.03. The van der Waals surface area contributed by atoms with Crippen molar-refractivity contribution in [3.63, 3.8) is 0 Å². The SMILES string of the molecule is CCCCCCCCCCCC(=O)C(S(=O)(=O)O)S(=O)(=O)O. The molecule has 0 radical (unpaired) electrons. The molecule has 22 heavy (non-hydrogen) atoms. The summed E-state index contributed by atoms with van der Waals surface area (Å²) in [5, 5.41) is 0. The van der Waals surface area contributed by atoms with Crippen molar-refractivity contribution in [1.29, 1.82) is 0 Å². The molecule has 0 aliphatic rings. The second-order valence-electron chi connectivity index (χ2n) is 5.41. The summed E-state index contributed by atoms with van der Waals surface area (Å²) < 4.78 is 58.2. The molecule has 0 saturated carbocycles. The Morgan fingerprint density at radius 2 is 1.14 bits per heavy atom. The first-order chi connectivity index (χ1) is 10.1. The van der Waals surface area contributed by atoms with Gasteiger partial charge >= 0.3 is 0 Å². The van der Waals surface area contributed by atoms with E-state index >= 15 is 0 Å². The maximum atomic E-state index is 11.6. The van der Waals surface area contributed by atoms with Gasteiger partial charge in [-0.05, 0) is 6.42 Å². The molecule has 0 unspecified atom stereocenters. The fourth-order valence-electron chi connectivity index (χ4n) is 2.21. The molecule has 0 rings (SSSR count). The summed E-state index contributed by atoms with van der Waals surface area (Å²) in [6.45, 7) is 2.14. The van der Waals surface area contributed by atoms with Gasteiger partial charge < -0.3 is 0 Å². The number of ketones is 1. The maximum absolute atomic E-state index is 11.6. The van der Waals surface area contributed by atoms with Crippen molar-refractivity contribution in [3.05, 3.63) is 0 Å². The summed E-state index contributed by atoms with van der Waals surface area (Å²) in [5.74, 6) is -1.20. The van der Waals surface area contributed by atoms with Crippen LogP contribution in [-0.2, 0) is 25.0 Å². The molecule has 0 bridgehead atoms. The van der Waals surface area contributed by atoms with Gasteiger partial charge in [-0.1, -0.05) is 58.3 Å². The van der Waals surface area contributed by atoms with Crippen LogP contribution in [0.25, 0.3) is 0 Å². The second kappa shape index (κ2) is 10.3. The molecular weight excluding hydrogens is 332 g/mol. The van der Waals surface area contributed by atoms with Crippen LogP contribution in [-0.4, -0.2) is 36.3 Å². The summed E-state index contributed by atoms with van der Waals surface area (Å²) in [6.07, 6.45) is 8.47. The number of hydrogen-bond acceptors (Lipinski definition) is 5. The fourth-order valence-corrected chi connectivity index (χ4v) is 4.34. The highest BCUT2D eigenvalue weighted by Crippen LogP contribution is 2.15. The lowest BCUT2D eigenvalue weighted by Crippen LogP contribution is -2.37. The molecule has 0 fully saturated rings. The van der Waals surface area contributed by atoms with E-state index in [0.717, 1.165) is 19.3 Å². The number of rotatable bonds is 13. The first-order valence-corrected chi connectivity index (χ1v) is 10.6. The van der Waals surface area contributed by atoms with Crippen LogP contribution in [0.3, 0.4) is 0 Å². The highest BCUT2D eigenvalue weighted by atomic mass is 32.3. The van der Waals surface area contributed by atoms with E-state index in [9.17, 15) is 21.6 Å². The van der Waals surface area contributed by atoms with Crippen molar-refractivity contribution in [2.45, 2.75) is 75.7 Å². The van der Waals surface area contributed by atoms with E-state index in [1.54, 1.807) is 0 Å². The lowest BCUT2D eigenvalue weighted by molar-refractivity contribution is -0.117. The van der Waals surface area contributed by atoms with E-state index in [4.69, 9.17) is 9.11 Å². The molecule has 7 nitrogen and oxygen atoms in total. The summed E-state index contributed by atoms with van der Waals surface area (Å²) in [7, 11) is -10.3. The molecule has 2 N–H and O–H groups in total. The largest absolute Gasteiger partial charge is 0.297 e. The Labute approximate surface area is 133 Å². The Morgan fingerprint density at radius 1 is 0.773 bits per heavy atom. The highest BCUT2D eigenvalue weighted by Gasteiger charge is 2.41. The van der Waals surface area contributed by atoms with Crippen molar-refractivity contribution in [2.24, 2.45) is 0 Å². The van der Waals surface area contributed by atoms with E-state index < -0.39 is 30.6 Å². The van der Waals surface area contributed by atoms with E-state index in [2.05, 4.69) is 6.92 Å². The second-order valence-corrected chi connectivity index (χ2v) is 8.71. The Morgan fingerprint density at radius 3 is 1.50 bits per heavy atom. The third-order valence-corrected chi connectivity index (χ3v) is 6.40. The number of unbranched alkanes of at least 4 members (excludes halogenated alkanes) is 8. The monoisotopic (exact) mass is 358 g/mol. The molecule has 0 atom stereocenters. The van der Waals surface area contributed by atoms with Crippen LogP contribution in [0.5, 0.6) is 0 Å². The number of Topliss-reactive ketones (excluding diaryl/α,β-unsaturated/α-hetero) is 1. The number of carbonyl (C=O) groups is 1. The van der Waals surface area contributed by atoms with Crippen LogP contribution in [0.1, 0.15) is 71.1 Å². The normalized spacial score (nSPS) is 12.7. The molecule has 0 aromatic rings. The number of hydrogen-bond donors (Lipinski definition) is 2. The molecule has 132 valence electrons. The molecule has 9 heteroatoms. The van der Waals surface area contributed by atoms with Crippen LogP contribution < -0.4 is 0 Å². The van der Waals surface area contributed by atoms with Gasteiger partial charge in [0.05, 0.1) is 0 Å². The van der Waals surface area contributed by atoms with Gasteiger partial charge in [0.1, 0.15) is 0 Å². The predicted octanol–water partition coefficient (Wildman–Crippen LogP) is 2.58. The summed E-state index contributed by atoms with van der Waals surface area (Å²) >= 11 is 0. The standard InChI is InChI=1S/C13H26O7S2/c1-2-3-4-5-6-7-8-9-10-11-12(14)13(21(15,16)17)22(18,19)20/h13H,2-11H2,1H3,(H,15,16,17)(H,18,19,20). The van der Waals surface area contributed by atoms with Gasteiger partial charge in [0.25, 0.3) is 24.8 Å². The quantitative estimate of drug-likeness (QED) is 0.383. The first kappa shape index (κ1) is 21.5. The molecular formula is C13H26O7S2. The molecule has 0 aliphatic heterocycles. The summed E-state index contributed by atoms with van der Waals surface area (Å²) in [6, 6.07) is 0. The predicted molar refractivity (Wildman–Crippen MR) is 83.7 cm³/mol. The topological polar surface area (TPSA) is 126 Å². The average molecular weight is 358 g/mol. The summed E-state index contributed by atoms with van der Waals surface area (Å²) in [4.78, 5) is 11.6. The van der Waals surface area contributed by atoms with Crippen LogP contribution in [0.2, 0.25) is 0 Å². The van der Waals surface area contributed by atoms with Crippen molar-refractivity contribution >= 4 is 26.0 Å². The van der Waals surface area contributed by atoms with Crippen molar-refractivity contribution in [1.82, 2.24) is 0 Å². The van der Waals surface area contributed by atoms with Crippen molar-refractivity contribution in [3.8, 4) is 0 Å². The third kappa shape index (κ3) is 9.50. The van der Waals surface area contributed by atoms with E-state index in [-0.39, 0.29) is 6.42 Å². The Kier molecular flexibility index (Phi) is 10.1. The van der Waals surface area contributed by atoms with Crippen LogP contribution in [0, 0.1) is 0 Å². The lowest BCUT2D eigenvalue weighted by Gasteiger charge is -2.09. The molecule has 0 spiro atoms. The van der Waals surface area contributed by atoms with Gasteiger partial charge in [-0.15, -0.1) is 0 Å². The van der Waals surface area contributed by atoms with E-state index in [1.807, 2.05) is 0 Å². The fraction of sp³-hybridized carbons (Fsp3) is 0.923. The minimum atomic E-state index is -5.17. The van der Waals surface area contributed by atoms with Gasteiger partial charge in [0, 0.05) is 6.42 Å². The van der Waals surface area contributed by atoms with Crippen molar-refractivity contribution < 1.29 is 30.7 Å². The van der Waals surface area contributed by atoms with E-state index in [0.29, 0.717) is 12.8 Å². The third-order valence-electron chi connectivity index (χ3n) is 3.33. The molecule has 0 saturated heterocycles. The molecule has 0 aromatic heterocycles. The number of carbonyl (C=O) groups excluding carboxylic acids is 1. The Hall–Kier alpha value is -0.510. The Bertz CT molecular complexity index is 491. The van der Waals surface area contributed by atoms with Gasteiger partial charge in [0.2, 0.25) is 0 Å². The van der Waals surface area contributed by atoms with Gasteiger partial charge in [-0.3, -0.25) is 13.9 Å². The molecule has 0 aliphatic carbocycles. The molecule has 0 heterocycles. The van der Waals surface area contributed by atoms with Crippen LogP contribution >= 0.6 is 0 Å². The minimum Gasteiger partial charge on any atom is -0.297 e. The lowest BCUT2D eigenvalue weighted by atomic mass is 10.1. The van der Waals surface area contributed by atoms with Crippen molar-refractivity contribution in [2.75, 3.05) is 0 Å². The molecule has 0 amide bonds. The van der Waals surface area contributed by atoms with E-state index in [1.165, 1.54) is 25.7 Å². The van der Waals surface area contributed by atoms with Gasteiger partial charge in [-0.25, -0.2) is 0 Å². The zero-order valence-corrected chi connectivity index (χ0v) is 14.5. The smallest absolute Gasteiger partial charge is 0.292 e. The molecule has 0 aromatic carbocycles. The first-order valence-electron chi connectivity index (χ1n) is 7.56. The van der Waals surface area contributed by atoms with Crippen LogP contribution in [0.15, 0.2) is 0 Å². The zero-order chi connectivity index (χ0) is 17.2.